The van der Waals surface area contributed by atoms with Gasteiger partial charge in [-0.15, -0.1) is 11.3 Å². The van der Waals surface area contributed by atoms with E-state index in [0.29, 0.717) is 40.7 Å². The number of amides is 2. The second-order valence-electron chi connectivity index (χ2n) is 9.40. The van der Waals surface area contributed by atoms with Gasteiger partial charge in [0.1, 0.15) is 10.8 Å². The molecule has 1 aromatic carbocycles. The van der Waals surface area contributed by atoms with Gasteiger partial charge in [-0.1, -0.05) is 13.0 Å². The van der Waals surface area contributed by atoms with Crippen LogP contribution in [-0.4, -0.2) is 52.7 Å². The van der Waals surface area contributed by atoms with Crippen LogP contribution in [0.2, 0.25) is 0 Å². The lowest BCUT2D eigenvalue weighted by Crippen LogP contribution is -2.29. The Bertz CT molecular complexity index is 1560. The lowest BCUT2D eigenvalue weighted by molar-refractivity contribution is -0.140. The number of thiazole rings is 1. The van der Waals surface area contributed by atoms with Crippen LogP contribution in [0.25, 0.3) is 32.6 Å². The van der Waals surface area contributed by atoms with Crippen molar-refractivity contribution in [2.24, 2.45) is 0 Å². The number of halogens is 3. The van der Waals surface area contributed by atoms with Crippen LogP contribution in [-0.2, 0) is 12.7 Å². The molecule has 12 heteroatoms. The monoisotopic (exact) mass is 558 g/mol. The molecule has 0 spiro atoms. The van der Waals surface area contributed by atoms with Crippen molar-refractivity contribution in [3.8, 4) is 21.7 Å². The molecule has 4 rings (SSSR count). The highest BCUT2D eigenvalue weighted by Gasteiger charge is 2.34. The molecule has 39 heavy (non-hydrogen) atoms. The Balaban J connectivity index is 1.84. The molecule has 0 aliphatic carbocycles. The molecule has 3 heterocycles. The molecule has 2 amide bonds. The van der Waals surface area contributed by atoms with E-state index < -0.39 is 17.9 Å². The van der Waals surface area contributed by atoms with E-state index in [1.807, 2.05) is 48.8 Å². The summed E-state index contributed by atoms with van der Waals surface area (Å²) in [6.45, 7) is 5.58. The molecule has 0 aliphatic heterocycles. The van der Waals surface area contributed by atoms with Crippen molar-refractivity contribution in [2.75, 3.05) is 32.5 Å². The summed E-state index contributed by atoms with van der Waals surface area (Å²) in [6, 6.07) is 6.39. The molecule has 4 aromatic rings. The number of pyridine rings is 2. The van der Waals surface area contributed by atoms with E-state index in [1.165, 1.54) is 12.3 Å². The number of nitrogens with one attached hydrogen (secondary N) is 2. The van der Waals surface area contributed by atoms with E-state index in [9.17, 15) is 22.8 Å². The normalized spacial score (nSPS) is 11.8. The molecule has 0 atom stereocenters. The van der Waals surface area contributed by atoms with E-state index in [2.05, 4.69) is 20.6 Å². The van der Waals surface area contributed by atoms with Crippen molar-refractivity contribution in [1.29, 1.82) is 0 Å². The van der Waals surface area contributed by atoms with E-state index in [0.717, 1.165) is 35.2 Å². The SMILES string of the molecule is CCCNC(=O)Nc1cc(-c2nc(C(F)(F)F)cs2)c(-c2ccc3c(c2)c(=O)c(C)cn3CCN(C)C)cn1. The molecule has 0 unspecified atom stereocenters. The van der Waals surface area contributed by atoms with Crippen molar-refractivity contribution in [3.05, 3.63) is 63.5 Å². The number of fused-ring (bicyclic) bond motifs is 1. The van der Waals surface area contributed by atoms with E-state index >= 15 is 0 Å². The van der Waals surface area contributed by atoms with Crippen molar-refractivity contribution < 1.29 is 18.0 Å². The van der Waals surface area contributed by atoms with Gasteiger partial charge in [0.05, 0.1) is 5.52 Å². The summed E-state index contributed by atoms with van der Waals surface area (Å²) >= 11 is 0.843. The van der Waals surface area contributed by atoms with Crippen molar-refractivity contribution in [3.63, 3.8) is 0 Å². The molecule has 0 saturated carbocycles. The first kappa shape index (κ1) is 28.2. The van der Waals surface area contributed by atoms with Crippen molar-refractivity contribution >= 4 is 34.1 Å². The first-order chi connectivity index (χ1) is 18.5. The molecule has 0 fully saturated rings. The summed E-state index contributed by atoms with van der Waals surface area (Å²) in [6.07, 6.45) is -0.552. The maximum absolute atomic E-state index is 13.3. The number of hydrogen-bond acceptors (Lipinski definition) is 6. The highest BCUT2D eigenvalue weighted by atomic mass is 32.1. The van der Waals surface area contributed by atoms with Gasteiger partial charge in [-0.25, -0.2) is 14.8 Å². The maximum atomic E-state index is 13.3. The number of nitrogens with zero attached hydrogens (tertiary/aromatic N) is 4. The fourth-order valence-electron chi connectivity index (χ4n) is 4.06. The number of aromatic nitrogens is 3. The number of likely N-dealkylation sites (N-methyl/N-ethyl adjacent to an activating group) is 1. The van der Waals surface area contributed by atoms with Gasteiger partial charge >= 0.3 is 12.2 Å². The first-order valence-electron chi connectivity index (χ1n) is 12.3. The highest BCUT2D eigenvalue weighted by molar-refractivity contribution is 7.13. The third-order valence-corrected chi connectivity index (χ3v) is 6.94. The molecule has 0 aliphatic rings. The van der Waals surface area contributed by atoms with Crippen LogP contribution in [0.1, 0.15) is 24.6 Å². The predicted octanol–water partition coefficient (Wildman–Crippen LogP) is 5.61. The van der Waals surface area contributed by atoms with Crippen LogP contribution in [0.5, 0.6) is 0 Å². The number of carbonyl (C=O) groups is 1. The molecule has 8 nitrogen and oxygen atoms in total. The maximum Gasteiger partial charge on any atom is 0.434 e. The minimum absolute atomic E-state index is 0.115. The fourth-order valence-corrected chi connectivity index (χ4v) is 4.92. The average Bonchev–Trinajstić information content (AvgIpc) is 3.39. The fraction of sp³-hybridized carbons (Fsp3) is 0.333. The summed E-state index contributed by atoms with van der Waals surface area (Å²) in [5.41, 5.74) is 1.66. The number of carbonyl (C=O) groups excluding carboxylic acids is 1. The zero-order valence-corrected chi connectivity index (χ0v) is 22.8. The van der Waals surface area contributed by atoms with E-state index in [-0.39, 0.29) is 16.3 Å². The highest BCUT2D eigenvalue weighted by Crippen LogP contribution is 2.39. The van der Waals surface area contributed by atoms with Crippen LogP contribution in [0, 0.1) is 6.92 Å². The van der Waals surface area contributed by atoms with Crippen LogP contribution >= 0.6 is 11.3 Å². The van der Waals surface area contributed by atoms with E-state index in [1.54, 1.807) is 13.0 Å². The summed E-state index contributed by atoms with van der Waals surface area (Å²) in [5, 5.41) is 6.85. The van der Waals surface area contributed by atoms with Crippen LogP contribution in [0.15, 0.2) is 46.8 Å². The Hall–Kier alpha value is -3.77. The van der Waals surface area contributed by atoms with Gasteiger partial charge in [-0.05, 0) is 51.2 Å². The van der Waals surface area contributed by atoms with E-state index in [4.69, 9.17) is 0 Å². The number of benzene rings is 1. The smallest absolute Gasteiger partial charge is 0.346 e. The summed E-state index contributed by atoms with van der Waals surface area (Å²) < 4.78 is 42.1. The zero-order chi connectivity index (χ0) is 28.3. The number of hydrogen-bond donors (Lipinski definition) is 2. The molecule has 0 saturated heterocycles. The molecule has 206 valence electrons. The summed E-state index contributed by atoms with van der Waals surface area (Å²) in [7, 11) is 3.94. The third-order valence-electron chi connectivity index (χ3n) is 6.06. The van der Waals surface area contributed by atoms with Crippen LogP contribution < -0.4 is 16.1 Å². The topological polar surface area (TPSA) is 92.2 Å². The number of rotatable bonds is 8. The minimum atomic E-state index is -4.60. The predicted molar refractivity (Wildman–Crippen MR) is 148 cm³/mol. The molecular formula is C27H29F3N6O2S. The number of aryl methyl sites for hydroxylation is 1. The van der Waals surface area contributed by atoms with Gasteiger partial charge < -0.3 is 14.8 Å². The van der Waals surface area contributed by atoms with Gasteiger partial charge in [-0.3, -0.25) is 10.1 Å². The molecule has 3 aromatic heterocycles. The first-order valence-corrected chi connectivity index (χ1v) is 13.2. The number of urea groups is 1. The van der Waals surface area contributed by atoms with Gasteiger partial charge in [0.15, 0.2) is 11.1 Å². The number of alkyl halides is 3. The second-order valence-corrected chi connectivity index (χ2v) is 10.3. The molecule has 0 radical (unpaired) electrons. The summed E-state index contributed by atoms with van der Waals surface area (Å²) in [5.74, 6) is 0.161. The van der Waals surface area contributed by atoms with Crippen molar-refractivity contribution in [1.82, 2.24) is 24.8 Å². The average molecular weight is 559 g/mol. The Kier molecular flexibility index (Phi) is 8.36. The lowest BCUT2D eigenvalue weighted by Gasteiger charge is -2.16. The number of anilines is 1. The van der Waals surface area contributed by atoms with Gasteiger partial charge in [0.25, 0.3) is 0 Å². The van der Waals surface area contributed by atoms with Crippen molar-refractivity contribution in [2.45, 2.75) is 33.0 Å². The van der Waals surface area contributed by atoms with Gasteiger partial charge in [0.2, 0.25) is 0 Å². The molecule has 2 N–H and O–H groups in total. The Morgan fingerprint density at radius 2 is 1.95 bits per heavy atom. The molecular weight excluding hydrogens is 529 g/mol. The standard InChI is InChI=1S/C27H29F3N6O2S/c1-5-8-31-26(38)34-23-12-18(25-33-22(15-39-25)27(28,29)30)20(13-32-23)17-6-7-21-19(11-17)24(37)16(2)14-36(21)10-9-35(3)4/h6-7,11-15H,5,8-10H2,1-4H3,(H2,31,32,34,38). The summed E-state index contributed by atoms with van der Waals surface area (Å²) in [4.78, 5) is 35.5. The van der Waals surface area contributed by atoms with Crippen LogP contribution in [0.3, 0.4) is 0 Å². The van der Waals surface area contributed by atoms with Gasteiger partial charge in [-0.2, -0.15) is 13.2 Å². The van der Waals surface area contributed by atoms with Crippen LogP contribution in [0.4, 0.5) is 23.8 Å². The lowest BCUT2D eigenvalue weighted by atomic mass is 9.99. The third kappa shape index (κ3) is 6.45. The largest absolute Gasteiger partial charge is 0.434 e. The minimum Gasteiger partial charge on any atom is -0.346 e. The Morgan fingerprint density at radius 3 is 2.62 bits per heavy atom. The second kappa shape index (κ2) is 11.5. The quantitative estimate of drug-likeness (QED) is 0.294. The zero-order valence-electron chi connectivity index (χ0n) is 22.0. The Labute approximate surface area is 227 Å². The molecule has 0 bridgehead atoms. The van der Waals surface area contributed by atoms with Gasteiger partial charge in [0, 0.05) is 59.5 Å². The Morgan fingerprint density at radius 1 is 1.18 bits per heavy atom.